The fraction of sp³-hybridized carbons (Fsp3) is 0.581. The number of carbonyl (C=O) groups excluding carboxylic acids is 1. The molecular weight excluding hydrogens is 482 g/mol. The van der Waals surface area contributed by atoms with E-state index < -0.39 is 0 Å². The zero-order chi connectivity index (χ0) is 26.2. The molecule has 2 unspecified atom stereocenters. The minimum absolute atomic E-state index is 0.00292. The molecule has 6 rings (SSSR count). The molecule has 4 aliphatic rings. The number of carbonyl (C=O) groups is 1. The zero-order valence-corrected chi connectivity index (χ0v) is 22.2. The summed E-state index contributed by atoms with van der Waals surface area (Å²) < 4.78 is 22.2. The van der Waals surface area contributed by atoms with Gasteiger partial charge >= 0.3 is 6.09 Å². The van der Waals surface area contributed by atoms with Crippen molar-refractivity contribution in [3.63, 3.8) is 0 Å². The van der Waals surface area contributed by atoms with Crippen molar-refractivity contribution >= 4 is 6.09 Å². The van der Waals surface area contributed by atoms with Crippen molar-refractivity contribution in [1.82, 2.24) is 5.32 Å². The molecule has 0 bridgehead atoms. The number of hydrogen-bond donors (Lipinski definition) is 2. The highest BCUT2D eigenvalue weighted by Crippen LogP contribution is 2.44. The Bertz CT molecular complexity index is 963. The molecule has 3 fully saturated rings. The maximum Gasteiger partial charge on any atom is 0.407 e. The molecule has 2 atom stereocenters. The van der Waals surface area contributed by atoms with E-state index in [1.54, 1.807) is 0 Å². The molecule has 2 saturated heterocycles. The molecule has 7 heteroatoms. The number of ether oxygens (including phenoxy) is 4. The predicted octanol–water partition coefficient (Wildman–Crippen LogP) is 5.88. The fourth-order valence-corrected chi connectivity index (χ4v) is 5.83. The number of rotatable bonds is 5. The van der Waals surface area contributed by atoms with Crippen LogP contribution in [0.3, 0.4) is 0 Å². The van der Waals surface area contributed by atoms with E-state index in [0.717, 1.165) is 51.7 Å². The van der Waals surface area contributed by atoms with E-state index in [2.05, 4.69) is 29.6 Å². The maximum absolute atomic E-state index is 12.2. The Balaban J connectivity index is 0.000000190. The third kappa shape index (κ3) is 7.14. The smallest absolute Gasteiger partial charge is 0.407 e. The van der Waals surface area contributed by atoms with Gasteiger partial charge in [-0.25, -0.2) is 4.79 Å². The topological polar surface area (TPSA) is 86.3 Å². The average Bonchev–Trinajstić information content (AvgIpc) is 3.28. The van der Waals surface area contributed by atoms with Gasteiger partial charge in [-0.15, -0.1) is 0 Å². The minimum atomic E-state index is -0.358. The highest BCUT2D eigenvalue weighted by molar-refractivity contribution is 5.79. The zero-order valence-electron chi connectivity index (χ0n) is 22.2. The number of benzene rings is 2. The van der Waals surface area contributed by atoms with Gasteiger partial charge in [-0.1, -0.05) is 48.5 Å². The van der Waals surface area contributed by atoms with E-state index in [4.69, 9.17) is 18.9 Å². The molecule has 206 valence electrons. The lowest BCUT2D eigenvalue weighted by Crippen LogP contribution is -2.39. The van der Waals surface area contributed by atoms with Crippen LogP contribution in [0.15, 0.2) is 48.5 Å². The van der Waals surface area contributed by atoms with Gasteiger partial charge in [0.2, 0.25) is 0 Å². The number of amides is 1. The number of fused-ring (bicyclic) bond motifs is 3. The first kappa shape index (κ1) is 27.1. The van der Waals surface area contributed by atoms with Crippen LogP contribution in [0, 0.1) is 0 Å². The lowest BCUT2D eigenvalue weighted by atomic mass is 9.93. The van der Waals surface area contributed by atoms with Gasteiger partial charge in [0.15, 0.2) is 12.6 Å². The van der Waals surface area contributed by atoms with E-state index in [0.29, 0.717) is 6.61 Å². The second-order valence-corrected chi connectivity index (χ2v) is 10.7. The van der Waals surface area contributed by atoms with Gasteiger partial charge in [0.05, 0.1) is 6.10 Å². The molecular formula is C31H41NO6. The largest absolute Gasteiger partial charge is 0.449 e. The summed E-state index contributed by atoms with van der Waals surface area (Å²) in [5, 5.41) is 12.5. The number of aliphatic hydroxyl groups is 1. The van der Waals surface area contributed by atoms with Gasteiger partial charge in [-0.3, -0.25) is 0 Å². The summed E-state index contributed by atoms with van der Waals surface area (Å²) in [5.74, 6) is 0.0892. The van der Waals surface area contributed by atoms with Crippen LogP contribution in [0.5, 0.6) is 0 Å². The van der Waals surface area contributed by atoms with Gasteiger partial charge in [0.1, 0.15) is 6.61 Å². The molecule has 2 aromatic carbocycles. The summed E-state index contributed by atoms with van der Waals surface area (Å²) in [4.78, 5) is 12.2. The summed E-state index contributed by atoms with van der Waals surface area (Å²) in [7, 11) is 0. The Hall–Kier alpha value is -2.45. The Labute approximate surface area is 225 Å². The van der Waals surface area contributed by atoms with Crippen LogP contribution >= 0.6 is 0 Å². The Morgan fingerprint density at radius 2 is 1.34 bits per heavy atom. The van der Waals surface area contributed by atoms with E-state index in [-0.39, 0.29) is 36.7 Å². The van der Waals surface area contributed by atoms with Crippen LogP contribution in [0.25, 0.3) is 11.1 Å². The fourth-order valence-electron chi connectivity index (χ4n) is 5.83. The number of hydrogen-bond acceptors (Lipinski definition) is 6. The molecule has 2 heterocycles. The van der Waals surface area contributed by atoms with Gasteiger partial charge in [0, 0.05) is 25.2 Å². The van der Waals surface area contributed by atoms with Crippen molar-refractivity contribution < 1.29 is 28.8 Å². The summed E-state index contributed by atoms with van der Waals surface area (Å²) in [6.45, 7) is 2.03. The second kappa shape index (κ2) is 13.6. The van der Waals surface area contributed by atoms with E-state index in [1.807, 2.05) is 24.3 Å². The van der Waals surface area contributed by atoms with Crippen molar-refractivity contribution in [1.29, 1.82) is 0 Å². The third-order valence-corrected chi connectivity index (χ3v) is 7.94. The third-order valence-electron chi connectivity index (χ3n) is 7.94. The first-order valence-corrected chi connectivity index (χ1v) is 14.4. The van der Waals surface area contributed by atoms with Gasteiger partial charge in [0.25, 0.3) is 0 Å². The molecule has 1 saturated carbocycles. The summed E-state index contributed by atoms with van der Waals surface area (Å²) in [6.07, 6.45) is 9.36. The predicted molar refractivity (Wildman–Crippen MR) is 145 cm³/mol. The normalized spacial score (nSPS) is 26.9. The molecule has 0 radical (unpaired) electrons. The van der Waals surface area contributed by atoms with Crippen LogP contribution in [0.1, 0.15) is 81.3 Å². The van der Waals surface area contributed by atoms with Crippen LogP contribution < -0.4 is 5.32 Å². The van der Waals surface area contributed by atoms with E-state index in [9.17, 15) is 9.90 Å². The standard InChI is InChI=1S/C21H23NO3.C10H18O3/c23-15-11-9-14(10-12-15)22-21(24)25-13-20-18-7-3-1-5-16(18)17-6-2-4-8-19(17)20;1-3-7-11-9(5-1)13-10-6-2-4-8-12-10/h1-8,14-15,20,23H,9-13H2,(H,22,24);9-10H,1-8H2/t14-,15-;. The van der Waals surface area contributed by atoms with Crippen LogP contribution in [-0.4, -0.2) is 55.7 Å². The highest BCUT2D eigenvalue weighted by atomic mass is 16.8. The van der Waals surface area contributed by atoms with E-state index >= 15 is 0 Å². The molecule has 7 nitrogen and oxygen atoms in total. The van der Waals surface area contributed by atoms with Crippen LogP contribution in [0.2, 0.25) is 0 Å². The van der Waals surface area contributed by atoms with Crippen molar-refractivity contribution in [2.24, 2.45) is 0 Å². The molecule has 2 N–H and O–H groups in total. The van der Waals surface area contributed by atoms with E-state index in [1.165, 1.54) is 47.9 Å². The SMILES string of the molecule is C1CCC(OC2CCCCO2)OC1.O=C(N[C@H]1CC[C@H](O)CC1)OCC1c2ccccc2-c2ccccc21. The quantitative estimate of drug-likeness (QED) is 0.509. The van der Waals surface area contributed by atoms with Crippen LogP contribution in [0.4, 0.5) is 4.79 Å². The maximum atomic E-state index is 12.2. The lowest BCUT2D eigenvalue weighted by molar-refractivity contribution is -0.264. The van der Waals surface area contributed by atoms with Crippen molar-refractivity contribution in [3.8, 4) is 11.1 Å². The minimum Gasteiger partial charge on any atom is -0.449 e. The number of aliphatic hydroxyl groups excluding tert-OH is 1. The molecule has 2 aliphatic carbocycles. The Morgan fingerprint density at radius 1 is 0.789 bits per heavy atom. The Kier molecular flexibility index (Phi) is 9.68. The first-order valence-electron chi connectivity index (χ1n) is 14.4. The van der Waals surface area contributed by atoms with Crippen molar-refractivity contribution in [2.45, 2.75) is 94.9 Å². The molecule has 0 aromatic heterocycles. The Morgan fingerprint density at radius 3 is 1.87 bits per heavy atom. The lowest BCUT2D eigenvalue weighted by Gasteiger charge is -2.29. The number of alkyl carbamates (subject to hydrolysis) is 1. The monoisotopic (exact) mass is 523 g/mol. The van der Waals surface area contributed by atoms with Gasteiger partial charge in [-0.05, 0) is 86.5 Å². The molecule has 1 amide bonds. The van der Waals surface area contributed by atoms with Crippen molar-refractivity contribution in [2.75, 3.05) is 19.8 Å². The van der Waals surface area contributed by atoms with Gasteiger partial charge in [-0.2, -0.15) is 0 Å². The van der Waals surface area contributed by atoms with Crippen molar-refractivity contribution in [3.05, 3.63) is 59.7 Å². The average molecular weight is 524 g/mol. The summed E-state index contributed by atoms with van der Waals surface area (Å²) in [6, 6.07) is 16.7. The summed E-state index contributed by atoms with van der Waals surface area (Å²) >= 11 is 0. The van der Waals surface area contributed by atoms with Crippen LogP contribution in [-0.2, 0) is 18.9 Å². The molecule has 2 aliphatic heterocycles. The first-order chi connectivity index (χ1) is 18.7. The highest BCUT2D eigenvalue weighted by Gasteiger charge is 2.29. The summed E-state index contributed by atoms with van der Waals surface area (Å²) in [5.41, 5.74) is 4.90. The number of nitrogens with one attached hydrogen (secondary N) is 1. The molecule has 2 aromatic rings. The van der Waals surface area contributed by atoms with Gasteiger partial charge < -0.3 is 29.4 Å². The molecule has 38 heavy (non-hydrogen) atoms. The second-order valence-electron chi connectivity index (χ2n) is 10.7. The molecule has 0 spiro atoms.